The summed E-state index contributed by atoms with van der Waals surface area (Å²) in [4.78, 5) is 26.2. The largest absolute Gasteiger partial charge is 0.352 e. The Kier molecular flexibility index (Phi) is 5.34. The van der Waals surface area contributed by atoms with E-state index in [1.807, 2.05) is 0 Å². The Bertz CT molecular complexity index is 677. The van der Waals surface area contributed by atoms with Crippen LogP contribution in [0.3, 0.4) is 0 Å². The Labute approximate surface area is 135 Å². The van der Waals surface area contributed by atoms with E-state index in [2.05, 4.69) is 5.32 Å². The van der Waals surface area contributed by atoms with Crippen LogP contribution in [0.4, 0.5) is 0 Å². The van der Waals surface area contributed by atoms with E-state index in [1.165, 1.54) is 4.90 Å². The maximum Gasteiger partial charge on any atom is 0.259 e. The number of nitrogens with zero attached hydrogens (tertiary/aromatic N) is 2. The Balaban J connectivity index is 2.30. The molecule has 0 aliphatic carbocycles. The number of amides is 2. The SMILES string of the molecule is CS(=O)(=O)N1CCN(C(=O)c2ccccc2)C1C(=O)NCCN. The summed E-state index contributed by atoms with van der Waals surface area (Å²) >= 11 is 0. The van der Waals surface area contributed by atoms with Gasteiger partial charge < -0.3 is 16.0 Å². The molecule has 1 saturated heterocycles. The lowest BCUT2D eigenvalue weighted by Crippen LogP contribution is -2.54. The summed E-state index contributed by atoms with van der Waals surface area (Å²) in [5.74, 6) is -0.938. The quantitative estimate of drug-likeness (QED) is 0.699. The van der Waals surface area contributed by atoms with Gasteiger partial charge in [0.1, 0.15) is 0 Å². The van der Waals surface area contributed by atoms with Crippen molar-refractivity contribution in [3.8, 4) is 0 Å². The summed E-state index contributed by atoms with van der Waals surface area (Å²) in [6.45, 7) is 0.671. The lowest BCUT2D eigenvalue weighted by atomic mass is 10.2. The van der Waals surface area contributed by atoms with Crippen LogP contribution in [0.2, 0.25) is 0 Å². The van der Waals surface area contributed by atoms with Gasteiger partial charge in [-0.3, -0.25) is 9.59 Å². The third kappa shape index (κ3) is 3.87. The molecule has 3 N–H and O–H groups in total. The molecule has 1 aromatic rings. The number of carbonyl (C=O) groups excluding carboxylic acids is 2. The number of nitrogens with two attached hydrogens (primary N) is 1. The van der Waals surface area contributed by atoms with Gasteiger partial charge in [-0.15, -0.1) is 0 Å². The fourth-order valence-electron chi connectivity index (χ4n) is 2.47. The number of nitrogens with one attached hydrogen (secondary N) is 1. The predicted molar refractivity (Wildman–Crippen MR) is 84.9 cm³/mol. The number of rotatable bonds is 5. The van der Waals surface area contributed by atoms with Crippen molar-refractivity contribution in [1.29, 1.82) is 0 Å². The number of carbonyl (C=O) groups is 2. The number of hydrogen-bond donors (Lipinski definition) is 2. The molecule has 0 aromatic heterocycles. The predicted octanol–water partition coefficient (Wildman–Crippen LogP) is -1.19. The first-order valence-corrected chi connectivity index (χ1v) is 9.01. The van der Waals surface area contributed by atoms with E-state index in [4.69, 9.17) is 5.73 Å². The zero-order valence-corrected chi connectivity index (χ0v) is 13.6. The molecule has 1 aromatic carbocycles. The lowest BCUT2D eigenvalue weighted by Gasteiger charge is -2.27. The van der Waals surface area contributed by atoms with Crippen LogP contribution >= 0.6 is 0 Å². The van der Waals surface area contributed by atoms with Gasteiger partial charge in [0, 0.05) is 31.7 Å². The van der Waals surface area contributed by atoms with Crippen LogP contribution in [0.1, 0.15) is 10.4 Å². The van der Waals surface area contributed by atoms with Gasteiger partial charge in [0.05, 0.1) is 6.26 Å². The molecule has 1 aliphatic rings. The van der Waals surface area contributed by atoms with Crippen molar-refractivity contribution in [2.24, 2.45) is 5.73 Å². The topological polar surface area (TPSA) is 113 Å². The van der Waals surface area contributed by atoms with Crippen molar-refractivity contribution >= 4 is 21.8 Å². The molecule has 1 fully saturated rings. The maximum atomic E-state index is 12.6. The minimum atomic E-state index is -3.62. The van der Waals surface area contributed by atoms with E-state index in [1.54, 1.807) is 30.3 Å². The minimum absolute atomic E-state index is 0.0815. The molecular formula is C14H20N4O4S. The van der Waals surface area contributed by atoms with Crippen molar-refractivity contribution in [2.45, 2.75) is 6.17 Å². The first-order chi connectivity index (χ1) is 10.9. The van der Waals surface area contributed by atoms with Crippen molar-refractivity contribution in [3.63, 3.8) is 0 Å². The van der Waals surface area contributed by atoms with Crippen molar-refractivity contribution in [2.75, 3.05) is 32.4 Å². The first kappa shape index (κ1) is 17.4. The zero-order valence-electron chi connectivity index (χ0n) is 12.8. The van der Waals surface area contributed by atoms with Crippen molar-refractivity contribution in [3.05, 3.63) is 35.9 Å². The molecule has 23 heavy (non-hydrogen) atoms. The van der Waals surface area contributed by atoms with Crippen LogP contribution in [-0.2, 0) is 14.8 Å². The average molecular weight is 340 g/mol. The van der Waals surface area contributed by atoms with E-state index in [0.717, 1.165) is 10.6 Å². The molecule has 1 aliphatic heterocycles. The van der Waals surface area contributed by atoms with Gasteiger partial charge in [-0.25, -0.2) is 8.42 Å². The van der Waals surface area contributed by atoms with Crippen LogP contribution in [0.15, 0.2) is 30.3 Å². The Morgan fingerprint density at radius 2 is 1.91 bits per heavy atom. The smallest absolute Gasteiger partial charge is 0.259 e. The molecule has 1 atom stereocenters. The van der Waals surface area contributed by atoms with E-state index in [0.29, 0.717) is 5.56 Å². The average Bonchev–Trinajstić information content (AvgIpc) is 2.98. The van der Waals surface area contributed by atoms with Crippen LogP contribution in [0.5, 0.6) is 0 Å². The van der Waals surface area contributed by atoms with Gasteiger partial charge in [0.2, 0.25) is 10.0 Å². The second kappa shape index (κ2) is 7.07. The van der Waals surface area contributed by atoms with Crippen molar-refractivity contribution < 1.29 is 18.0 Å². The maximum absolute atomic E-state index is 12.6. The number of sulfonamides is 1. The highest BCUT2D eigenvalue weighted by Gasteiger charge is 2.44. The second-order valence-electron chi connectivity index (χ2n) is 5.19. The van der Waals surface area contributed by atoms with Crippen LogP contribution < -0.4 is 11.1 Å². The molecule has 8 nitrogen and oxygen atoms in total. The van der Waals surface area contributed by atoms with Gasteiger partial charge in [0.15, 0.2) is 6.17 Å². The van der Waals surface area contributed by atoms with Gasteiger partial charge >= 0.3 is 0 Å². The molecule has 0 radical (unpaired) electrons. The summed E-state index contributed by atoms with van der Waals surface area (Å²) in [5, 5.41) is 2.55. The highest BCUT2D eigenvalue weighted by Crippen LogP contribution is 2.21. The number of hydrogen-bond acceptors (Lipinski definition) is 5. The van der Waals surface area contributed by atoms with Gasteiger partial charge in [0.25, 0.3) is 11.8 Å². The van der Waals surface area contributed by atoms with Gasteiger partial charge in [-0.05, 0) is 12.1 Å². The molecule has 2 amide bonds. The fraction of sp³-hybridized carbons (Fsp3) is 0.429. The summed E-state index contributed by atoms with van der Waals surface area (Å²) in [6.07, 6.45) is -0.170. The molecular weight excluding hydrogens is 320 g/mol. The van der Waals surface area contributed by atoms with E-state index in [-0.39, 0.29) is 32.1 Å². The molecule has 0 spiro atoms. The normalized spacial score (nSPS) is 18.9. The molecule has 0 saturated carbocycles. The third-order valence-electron chi connectivity index (χ3n) is 3.51. The van der Waals surface area contributed by atoms with E-state index >= 15 is 0 Å². The highest BCUT2D eigenvalue weighted by molar-refractivity contribution is 7.88. The van der Waals surface area contributed by atoms with Crippen molar-refractivity contribution in [1.82, 2.24) is 14.5 Å². The minimum Gasteiger partial charge on any atom is -0.352 e. The molecule has 2 rings (SSSR count). The van der Waals surface area contributed by atoms with Crippen LogP contribution in [0.25, 0.3) is 0 Å². The Morgan fingerprint density at radius 3 is 2.48 bits per heavy atom. The van der Waals surface area contributed by atoms with Gasteiger partial charge in [-0.2, -0.15) is 4.31 Å². The van der Waals surface area contributed by atoms with E-state index in [9.17, 15) is 18.0 Å². The Hall–Kier alpha value is -1.97. The van der Waals surface area contributed by atoms with E-state index < -0.39 is 22.1 Å². The van der Waals surface area contributed by atoms with Crippen LogP contribution in [-0.4, -0.2) is 68.0 Å². The summed E-state index contributed by atoms with van der Waals surface area (Å²) in [5.41, 5.74) is 5.76. The summed E-state index contributed by atoms with van der Waals surface area (Å²) in [7, 11) is -3.62. The number of benzene rings is 1. The summed E-state index contributed by atoms with van der Waals surface area (Å²) in [6, 6.07) is 8.44. The molecule has 126 valence electrons. The Morgan fingerprint density at radius 1 is 1.26 bits per heavy atom. The monoisotopic (exact) mass is 340 g/mol. The first-order valence-electron chi connectivity index (χ1n) is 7.17. The zero-order chi connectivity index (χ0) is 17.0. The highest BCUT2D eigenvalue weighted by atomic mass is 32.2. The fourth-order valence-corrected chi connectivity index (χ4v) is 3.46. The second-order valence-corrected chi connectivity index (χ2v) is 7.13. The molecule has 1 heterocycles. The molecule has 0 bridgehead atoms. The molecule has 1 unspecified atom stereocenters. The third-order valence-corrected chi connectivity index (χ3v) is 4.75. The van der Waals surface area contributed by atoms with Gasteiger partial charge in [-0.1, -0.05) is 18.2 Å². The molecule has 9 heteroatoms. The summed E-state index contributed by atoms with van der Waals surface area (Å²) < 4.78 is 24.8. The van der Waals surface area contributed by atoms with Crippen LogP contribution in [0, 0.1) is 0 Å². The standard InChI is InChI=1S/C14H20N4O4S/c1-23(21,22)18-10-9-17(13(18)12(19)16-8-7-15)14(20)11-5-3-2-4-6-11/h2-6,13H,7-10,15H2,1H3,(H,16,19). The lowest BCUT2D eigenvalue weighted by molar-refractivity contribution is -0.127.